The van der Waals surface area contributed by atoms with Gasteiger partial charge in [-0.05, 0) is 43.5 Å². The molecule has 0 spiro atoms. The summed E-state index contributed by atoms with van der Waals surface area (Å²) < 4.78 is 29.4. The molecular weight excluding hydrogens is 412 g/mol. The molecule has 1 N–H and O–H groups in total. The lowest BCUT2D eigenvalue weighted by Gasteiger charge is -2.33. The van der Waals surface area contributed by atoms with Crippen molar-refractivity contribution >= 4 is 26.7 Å². The summed E-state index contributed by atoms with van der Waals surface area (Å²) in [5.41, 5.74) is 2.20. The van der Waals surface area contributed by atoms with Gasteiger partial charge in [0, 0.05) is 30.3 Å². The molecule has 0 bridgehead atoms. The van der Waals surface area contributed by atoms with Gasteiger partial charge in [0.25, 0.3) is 15.9 Å². The predicted molar refractivity (Wildman–Crippen MR) is 119 cm³/mol. The number of nitrogens with zero attached hydrogens (tertiary/aromatic N) is 3. The first-order valence-corrected chi connectivity index (χ1v) is 11.5. The van der Waals surface area contributed by atoms with E-state index in [9.17, 15) is 13.2 Å². The van der Waals surface area contributed by atoms with Crippen LogP contribution in [0.25, 0.3) is 4.91 Å². The van der Waals surface area contributed by atoms with Crippen LogP contribution < -0.4 is 5.32 Å². The van der Waals surface area contributed by atoms with E-state index in [1.54, 1.807) is 43.3 Å². The largest absolute Gasteiger partial charge is 0.356 e. The van der Waals surface area contributed by atoms with Crippen molar-refractivity contribution in [2.75, 3.05) is 13.1 Å². The molecule has 0 atom stereocenters. The Hall–Kier alpha value is -3.44. The van der Waals surface area contributed by atoms with E-state index in [4.69, 9.17) is 5.26 Å². The minimum absolute atomic E-state index is 0.0222. The van der Waals surface area contributed by atoms with Gasteiger partial charge in [0.2, 0.25) is 0 Å². The monoisotopic (exact) mass is 434 g/mol. The summed E-state index contributed by atoms with van der Waals surface area (Å²) in [6.07, 6.45) is 1.35. The first-order chi connectivity index (χ1) is 14.9. The second-order valence-electron chi connectivity index (χ2n) is 7.64. The number of amides is 1. The van der Waals surface area contributed by atoms with Gasteiger partial charge in [-0.3, -0.25) is 4.79 Å². The molecule has 7 nitrogen and oxygen atoms in total. The van der Waals surface area contributed by atoms with Gasteiger partial charge in [-0.15, -0.1) is 4.40 Å². The highest BCUT2D eigenvalue weighted by molar-refractivity contribution is 8.00. The molecule has 2 aromatic carbocycles. The highest BCUT2D eigenvalue weighted by atomic mass is 32.2. The minimum Gasteiger partial charge on any atom is -0.356 e. The molecule has 2 aliphatic heterocycles. The average molecular weight is 435 g/mol. The van der Waals surface area contributed by atoms with E-state index < -0.39 is 10.0 Å². The Bertz CT molecular complexity index is 1220. The van der Waals surface area contributed by atoms with Crippen LogP contribution in [-0.4, -0.2) is 44.2 Å². The highest BCUT2D eigenvalue weighted by Crippen LogP contribution is 2.34. The number of hydrogen-bond donors (Lipinski definition) is 1. The van der Waals surface area contributed by atoms with Crippen LogP contribution in [0.5, 0.6) is 0 Å². The molecule has 0 radical (unpaired) electrons. The number of rotatable bonds is 3. The third-order valence-corrected chi connectivity index (χ3v) is 7.03. The van der Waals surface area contributed by atoms with Crippen molar-refractivity contribution in [2.45, 2.75) is 25.8 Å². The summed E-state index contributed by atoms with van der Waals surface area (Å²) in [4.78, 5) is 14.7. The molecule has 1 saturated heterocycles. The molecule has 0 aromatic heterocycles. The molecule has 0 unspecified atom stereocenters. The summed E-state index contributed by atoms with van der Waals surface area (Å²) >= 11 is 0. The molecule has 2 aromatic rings. The second kappa shape index (κ2) is 8.36. The first-order valence-electron chi connectivity index (χ1n) is 10.1. The molecule has 0 aliphatic carbocycles. The zero-order valence-electron chi connectivity index (χ0n) is 17.1. The van der Waals surface area contributed by atoms with Gasteiger partial charge < -0.3 is 10.2 Å². The van der Waals surface area contributed by atoms with Crippen molar-refractivity contribution in [3.8, 4) is 6.07 Å². The van der Waals surface area contributed by atoms with Gasteiger partial charge in [-0.25, -0.2) is 0 Å². The molecule has 158 valence electrons. The maximum absolute atomic E-state index is 12.7. The van der Waals surface area contributed by atoms with Gasteiger partial charge in [0.1, 0.15) is 10.7 Å². The second-order valence-corrected chi connectivity index (χ2v) is 9.18. The van der Waals surface area contributed by atoms with Crippen LogP contribution in [0.4, 0.5) is 0 Å². The molecule has 4 rings (SSSR count). The fourth-order valence-corrected chi connectivity index (χ4v) is 5.49. The summed E-state index contributed by atoms with van der Waals surface area (Å²) in [5, 5.41) is 12.0. The number of carbonyl (C=O) groups excluding carboxylic acids is 1. The summed E-state index contributed by atoms with van der Waals surface area (Å²) in [7, 11) is -3.73. The van der Waals surface area contributed by atoms with Gasteiger partial charge in [0.15, 0.2) is 0 Å². The molecule has 0 saturated carbocycles. The highest BCUT2D eigenvalue weighted by Gasteiger charge is 2.34. The van der Waals surface area contributed by atoms with Gasteiger partial charge in [-0.1, -0.05) is 36.4 Å². The Kier molecular flexibility index (Phi) is 5.61. The van der Waals surface area contributed by atoms with Crippen LogP contribution in [0.2, 0.25) is 0 Å². The SMILES string of the molecule is CC1=C(c2ccccc2)S(=O)(=O)N=C1N1CCC(NC(=O)c2cccc(C#N)c2)CC1. The Labute approximate surface area is 181 Å². The number of hydrogen-bond acceptors (Lipinski definition) is 5. The molecule has 8 heteroatoms. The van der Waals surface area contributed by atoms with Gasteiger partial charge in [0.05, 0.1) is 11.6 Å². The van der Waals surface area contributed by atoms with E-state index in [0.29, 0.717) is 54.0 Å². The number of carbonyl (C=O) groups is 1. The van der Waals surface area contributed by atoms with Crippen LogP contribution in [0.3, 0.4) is 0 Å². The number of likely N-dealkylation sites (tertiary alicyclic amines) is 1. The predicted octanol–water partition coefficient (Wildman–Crippen LogP) is 2.93. The Morgan fingerprint density at radius 1 is 1.13 bits per heavy atom. The number of nitriles is 1. The zero-order valence-corrected chi connectivity index (χ0v) is 17.9. The lowest BCUT2D eigenvalue weighted by atomic mass is 10.0. The first kappa shape index (κ1) is 20.8. The molecule has 31 heavy (non-hydrogen) atoms. The Morgan fingerprint density at radius 2 is 1.84 bits per heavy atom. The van der Waals surface area contributed by atoms with Gasteiger partial charge >= 0.3 is 0 Å². The third-order valence-electron chi connectivity index (χ3n) is 5.56. The normalized spacial score (nSPS) is 18.5. The quantitative estimate of drug-likeness (QED) is 0.800. The molecule has 2 heterocycles. The van der Waals surface area contributed by atoms with E-state index in [-0.39, 0.29) is 16.9 Å². The molecular formula is C23H22N4O3S. The van der Waals surface area contributed by atoms with Crippen molar-refractivity contribution in [3.05, 3.63) is 76.9 Å². The van der Waals surface area contributed by atoms with Crippen molar-refractivity contribution in [1.29, 1.82) is 5.26 Å². The summed E-state index contributed by atoms with van der Waals surface area (Å²) in [5.74, 6) is 0.282. The lowest BCUT2D eigenvalue weighted by Crippen LogP contribution is -2.46. The van der Waals surface area contributed by atoms with E-state index in [1.807, 2.05) is 29.2 Å². The van der Waals surface area contributed by atoms with E-state index in [0.717, 1.165) is 0 Å². The molecule has 2 aliphatic rings. The summed E-state index contributed by atoms with van der Waals surface area (Å²) in [6.45, 7) is 2.98. The van der Waals surface area contributed by atoms with Crippen molar-refractivity contribution in [1.82, 2.24) is 10.2 Å². The Morgan fingerprint density at radius 3 is 2.52 bits per heavy atom. The van der Waals surface area contributed by atoms with E-state index >= 15 is 0 Å². The van der Waals surface area contributed by atoms with E-state index in [1.165, 1.54) is 0 Å². The standard InChI is InChI=1S/C23H22N4O3S/c1-16-21(18-7-3-2-4-8-18)31(29,30)26-22(16)27-12-10-20(11-13-27)25-23(28)19-9-5-6-17(14-19)15-24/h2-9,14,20H,10-13H2,1H3,(H,25,28). The van der Waals surface area contributed by atoms with Crippen LogP contribution in [-0.2, 0) is 10.0 Å². The van der Waals surface area contributed by atoms with Gasteiger partial charge in [-0.2, -0.15) is 13.7 Å². The van der Waals surface area contributed by atoms with Crippen LogP contribution >= 0.6 is 0 Å². The fourth-order valence-electron chi connectivity index (χ4n) is 4.01. The molecule has 1 amide bonds. The maximum atomic E-state index is 12.7. The summed E-state index contributed by atoms with van der Waals surface area (Å²) in [6, 6.07) is 17.6. The topological polar surface area (TPSA) is 103 Å². The molecule has 1 fully saturated rings. The fraction of sp³-hybridized carbons (Fsp3) is 0.261. The minimum atomic E-state index is -3.73. The number of amidine groups is 1. The van der Waals surface area contributed by atoms with Crippen molar-refractivity contribution in [3.63, 3.8) is 0 Å². The number of benzene rings is 2. The number of piperidine rings is 1. The third kappa shape index (κ3) is 4.23. The lowest BCUT2D eigenvalue weighted by molar-refractivity contribution is 0.0922. The number of sulfonamides is 1. The smallest absolute Gasteiger partial charge is 0.285 e. The van der Waals surface area contributed by atoms with Crippen molar-refractivity contribution < 1.29 is 13.2 Å². The average Bonchev–Trinajstić information content (AvgIpc) is 3.03. The number of nitrogens with one attached hydrogen (secondary N) is 1. The van der Waals surface area contributed by atoms with Crippen molar-refractivity contribution in [2.24, 2.45) is 4.40 Å². The van der Waals surface area contributed by atoms with Crippen LogP contribution in [0.15, 0.2) is 64.6 Å². The van der Waals surface area contributed by atoms with Crippen LogP contribution in [0.1, 0.15) is 41.3 Å². The zero-order chi connectivity index (χ0) is 22.0. The van der Waals surface area contributed by atoms with Crippen LogP contribution in [0, 0.1) is 11.3 Å². The maximum Gasteiger partial charge on any atom is 0.285 e. The van der Waals surface area contributed by atoms with E-state index in [2.05, 4.69) is 9.71 Å². The Balaban J connectivity index is 1.44.